The van der Waals surface area contributed by atoms with Gasteiger partial charge in [-0.05, 0) is 12.1 Å². The molecule has 0 atom stereocenters. The first-order valence-corrected chi connectivity index (χ1v) is 5.41. The molecule has 0 saturated heterocycles. The first-order chi connectivity index (χ1) is 8.38. The number of nitrogens with one attached hydrogen (secondary N) is 3. The van der Waals surface area contributed by atoms with Gasteiger partial charge in [-0.25, -0.2) is 9.97 Å². The van der Waals surface area contributed by atoms with E-state index < -0.39 is 0 Å². The minimum Gasteiger partial charge on any atom is -0.395 e. The third-order valence-electron chi connectivity index (χ3n) is 2.21. The lowest BCUT2D eigenvalue weighted by molar-refractivity contribution is 0.311. The molecule has 2 aromatic heterocycles. The van der Waals surface area contributed by atoms with Crippen LogP contribution in [0.15, 0.2) is 30.7 Å². The molecule has 0 aliphatic rings. The highest BCUT2D eigenvalue weighted by Crippen LogP contribution is 2.09. The molecule has 6 heteroatoms. The topological polar surface area (TPSA) is 85.9 Å². The molecule has 2 aromatic rings. The minimum atomic E-state index is 0.0786. The predicted molar refractivity (Wildman–Crippen MR) is 65.7 cm³/mol. The second kappa shape index (κ2) is 5.86. The maximum absolute atomic E-state index is 8.70. The summed E-state index contributed by atoms with van der Waals surface area (Å²) in [6.07, 6.45) is 3.36. The van der Waals surface area contributed by atoms with Crippen LogP contribution in [0.1, 0.15) is 5.69 Å². The number of aromatic amines is 1. The normalized spacial score (nSPS) is 10.2. The lowest BCUT2D eigenvalue weighted by atomic mass is 10.4. The van der Waals surface area contributed by atoms with E-state index >= 15 is 0 Å². The zero-order valence-electron chi connectivity index (χ0n) is 9.35. The largest absolute Gasteiger partial charge is 0.395 e. The number of aliphatic hydroxyl groups excluding tert-OH is 1. The lowest BCUT2D eigenvalue weighted by Crippen LogP contribution is -2.08. The second-order valence-electron chi connectivity index (χ2n) is 3.49. The van der Waals surface area contributed by atoms with Crippen LogP contribution in [0, 0.1) is 0 Å². The third-order valence-corrected chi connectivity index (χ3v) is 2.21. The van der Waals surface area contributed by atoms with Crippen molar-refractivity contribution in [1.29, 1.82) is 0 Å². The van der Waals surface area contributed by atoms with Crippen molar-refractivity contribution in [3.63, 3.8) is 0 Å². The van der Waals surface area contributed by atoms with Gasteiger partial charge in [0.2, 0.25) is 0 Å². The molecule has 4 N–H and O–H groups in total. The number of hydrogen-bond donors (Lipinski definition) is 4. The van der Waals surface area contributed by atoms with Gasteiger partial charge in [0.1, 0.15) is 18.0 Å². The first-order valence-electron chi connectivity index (χ1n) is 5.41. The monoisotopic (exact) mass is 233 g/mol. The minimum absolute atomic E-state index is 0.0786. The van der Waals surface area contributed by atoms with E-state index in [-0.39, 0.29) is 6.61 Å². The zero-order chi connectivity index (χ0) is 11.9. The van der Waals surface area contributed by atoms with Gasteiger partial charge in [0.25, 0.3) is 0 Å². The molecule has 17 heavy (non-hydrogen) atoms. The lowest BCUT2D eigenvalue weighted by Gasteiger charge is -2.07. The highest BCUT2D eigenvalue weighted by molar-refractivity contribution is 5.46. The van der Waals surface area contributed by atoms with E-state index in [1.54, 1.807) is 6.07 Å². The van der Waals surface area contributed by atoms with Crippen molar-refractivity contribution in [1.82, 2.24) is 15.0 Å². The van der Waals surface area contributed by atoms with E-state index in [1.807, 2.05) is 18.3 Å². The van der Waals surface area contributed by atoms with E-state index in [0.29, 0.717) is 18.9 Å². The summed E-state index contributed by atoms with van der Waals surface area (Å²) < 4.78 is 0. The fourth-order valence-electron chi connectivity index (χ4n) is 1.40. The summed E-state index contributed by atoms with van der Waals surface area (Å²) in [5.74, 6) is 1.44. The molecule has 0 aromatic carbocycles. The van der Waals surface area contributed by atoms with Gasteiger partial charge < -0.3 is 20.7 Å². The Labute approximate surface area is 99.1 Å². The molecule has 2 rings (SSSR count). The van der Waals surface area contributed by atoms with Gasteiger partial charge in [0.15, 0.2) is 0 Å². The molecule has 0 aliphatic heterocycles. The zero-order valence-corrected chi connectivity index (χ0v) is 9.35. The Balaban J connectivity index is 1.91. The van der Waals surface area contributed by atoms with Crippen LogP contribution in [0.4, 0.5) is 11.6 Å². The molecule has 0 aliphatic carbocycles. The van der Waals surface area contributed by atoms with Crippen molar-refractivity contribution in [3.8, 4) is 0 Å². The molecule has 0 bridgehead atoms. The van der Waals surface area contributed by atoms with Crippen molar-refractivity contribution in [2.24, 2.45) is 0 Å². The van der Waals surface area contributed by atoms with Crippen molar-refractivity contribution in [2.45, 2.75) is 6.54 Å². The van der Waals surface area contributed by atoms with Crippen molar-refractivity contribution in [2.75, 3.05) is 23.8 Å². The maximum Gasteiger partial charge on any atom is 0.131 e. The van der Waals surface area contributed by atoms with E-state index in [4.69, 9.17) is 5.11 Å². The van der Waals surface area contributed by atoms with Crippen molar-refractivity contribution in [3.05, 3.63) is 36.4 Å². The number of aliphatic hydroxyl groups is 1. The number of rotatable bonds is 6. The van der Waals surface area contributed by atoms with Gasteiger partial charge in [-0.1, -0.05) is 0 Å². The summed E-state index contributed by atoms with van der Waals surface area (Å²) in [5, 5.41) is 14.9. The van der Waals surface area contributed by atoms with Crippen LogP contribution >= 0.6 is 0 Å². The molecule has 0 radical (unpaired) electrons. The maximum atomic E-state index is 8.70. The van der Waals surface area contributed by atoms with Crippen LogP contribution in [-0.2, 0) is 6.54 Å². The van der Waals surface area contributed by atoms with Crippen LogP contribution in [0.25, 0.3) is 0 Å². The Bertz CT molecular complexity index is 443. The molecule has 6 nitrogen and oxygen atoms in total. The molecule has 2 heterocycles. The Hall–Kier alpha value is -2.08. The van der Waals surface area contributed by atoms with Gasteiger partial charge >= 0.3 is 0 Å². The summed E-state index contributed by atoms with van der Waals surface area (Å²) in [4.78, 5) is 11.3. The van der Waals surface area contributed by atoms with Crippen LogP contribution < -0.4 is 10.6 Å². The van der Waals surface area contributed by atoms with Gasteiger partial charge in [-0.15, -0.1) is 0 Å². The van der Waals surface area contributed by atoms with E-state index in [1.165, 1.54) is 6.33 Å². The van der Waals surface area contributed by atoms with Crippen LogP contribution in [0.2, 0.25) is 0 Å². The van der Waals surface area contributed by atoms with Crippen molar-refractivity contribution < 1.29 is 5.11 Å². The van der Waals surface area contributed by atoms with E-state index in [0.717, 1.165) is 11.5 Å². The molecule has 0 unspecified atom stereocenters. The van der Waals surface area contributed by atoms with Gasteiger partial charge in [-0.2, -0.15) is 0 Å². The van der Waals surface area contributed by atoms with Gasteiger partial charge in [0, 0.05) is 24.5 Å². The van der Waals surface area contributed by atoms with Gasteiger partial charge in [-0.3, -0.25) is 0 Å². The summed E-state index contributed by atoms with van der Waals surface area (Å²) in [5.41, 5.74) is 1.09. The predicted octanol–water partition coefficient (Wildman–Crippen LogP) is 0.821. The molecule has 0 fully saturated rings. The summed E-state index contributed by atoms with van der Waals surface area (Å²) in [7, 11) is 0. The number of aromatic nitrogens is 3. The highest BCUT2D eigenvalue weighted by Gasteiger charge is 1.98. The number of H-pyrrole nitrogens is 1. The van der Waals surface area contributed by atoms with Gasteiger partial charge in [0.05, 0.1) is 13.2 Å². The Kier molecular flexibility index (Phi) is 3.93. The summed E-state index contributed by atoms with van der Waals surface area (Å²) >= 11 is 0. The average Bonchev–Trinajstić information content (AvgIpc) is 2.87. The molecule has 0 saturated carbocycles. The van der Waals surface area contributed by atoms with Crippen LogP contribution in [-0.4, -0.2) is 33.2 Å². The number of hydrogen-bond acceptors (Lipinski definition) is 5. The van der Waals surface area contributed by atoms with Crippen LogP contribution in [0.5, 0.6) is 0 Å². The number of anilines is 2. The second-order valence-corrected chi connectivity index (χ2v) is 3.49. The Morgan fingerprint density at radius 2 is 2.06 bits per heavy atom. The Morgan fingerprint density at radius 1 is 1.24 bits per heavy atom. The molecule has 0 spiro atoms. The molecular weight excluding hydrogens is 218 g/mol. The molecular formula is C11H15N5O. The first kappa shape index (κ1) is 11.4. The molecule has 90 valence electrons. The molecule has 0 amide bonds. The summed E-state index contributed by atoms with van der Waals surface area (Å²) in [6.45, 7) is 1.24. The van der Waals surface area contributed by atoms with Crippen LogP contribution in [0.3, 0.4) is 0 Å². The fourth-order valence-corrected chi connectivity index (χ4v) is 1.40. The average molecular weight is 233 g/mol. The standard InChI is InChI=1S/C11H15N5O/c17-5-4-13-10-6-11(16-8-15-10)14-7-9-2-1-3-12-9/h1-3,6,8,12,17H,4-5,7H2,(H2,13,14,15,16). The quantitative estimate of drug-likeness (QED) is 0.593. The smallest absolute Gasteiger partial charge is 0.131 e. The highest BCUT2D eigenvalue weighted by atomic mass is 16.3. The van der Waals surface area contributed by atoms with Crippen molar-refractivity contribution >= 4 is 11.6 Å². The third kappa shape index (κ3) is 3.46. The fraction of sp³-hybridized carbons (Fsp3) is 0.273. The SMILES string of the molecule is OCCNc1cc(NCc2ccc[nH]2)ncn1. The van der Waals surface area contributed by atoms with E-state index in [9.17, 15) is 0 Å². The van der Waals surface area contributed by atoms with E-state index in [2.05, 4.69) is 25.6 Å². The Morgan fingerprint density at radius 3 is 2.76 bits per heavy atom. The summed E-state index contributed by atoms with van der Waals surface area (Å²) in [6, 6.07) is 5.75. The number of nitrogens with zero attached hydrogens (tertiary/aromatic N) is 2.